The lowest BCUT2D eigenvalue weighted by atomic mass is 9.68. The fraction of sp³-hybridized carbons (Fsp3) is 0.130. The molecule has 0 saturated carbocycles. The van der Waals surface area contributed by atoms with Crippen molar-refractivity contribution in [2.45, 2.75) is 57.8 Å². The van der Waals surface area contributed by atoms with E-state index in [9.17, 15) is 0 Å². The van der Waals surface area contributed by atoms with E-state index in [-0.39, 0.29) is 10.8 Å². The van der Waals surface area contributed by atoms with E-state index >= 15 is 0 Å². The van der Waals surface area contributed by atoms with Crippen molar-refractivity contribution in [2.24, 2.45) is 0 Å². The Hall–Kier alpha value is -8.20. The Morgan fingerprint density at radius 2 is 0.803 bits per heavy atom. The van der Waals surface area contributed by atoms with Crippen LogP contribution in [-0.2, 0) is 16.2 Å². The predicted octanol–water partition coefficient (Wildman–Crippen LogP) is 19.0. The number of benzene rings is 10. The number of hydrogen-bond donors (Lipinski definition) is 0. The quantitative estimate of drug-likeness (QED) is 0.165. The van der Waals surface area contributed by atoms with Crippen LogP contribution in [0.3, 0.4) is 0 Å². The molecule has 0 radical (unpaired) electrons. The molecule has 2 nitrogen and oxygen atoms in total. The van der Waals surface area contributed by atoms with Crippen LogP contribution in [0.1, 0.15) is 74.9 Å². The minimum absolute atomic E-state index is 0.00389. The third-order valence-corrected chi connectivity index (χ3v) is 15.4. The Kier molecular flexibility index (Phi) is 9.61. The van der Waals surface area contributed by atoms with Gasteiger partial charge in [-0.1, -0.05) is 224 Å². The van der Waals surface area contributed by atoms with Gasteiger partial charge in [0.1, 0.15) is 11.2 Å². The largest absolute Gasteiger partial charge is 0.455 e. The molecule has 1 aromatic heterocycles. The molecule has 1 heterocycles. The Morgan fingerprint density at radius 3 is 1.42 bits per heavy atom. The average molecular weight is 914 g/mol. The maximum Gasteiger partial charge on any atom is 0.143 e. The number of furan rings is 1. The Balaban J connectivity index is 0.945. The Bertz CT molecular complexity index is 3800. The van der Waals surface area contributed by atoms with E-state index in [0.717, 1.165) is 50.1 Å². The van der Waals surface area contributed by atoms with Gasteiger partial charge >= 0.3 is 0 Å². The molecule has 0 amide bonds. The summed E-state index contributed by atoms with van der Waals surface area (Å²) in [5, 5.41) is 2.27. The van der Waals surface area contributed by atoms with Gasteiger partial charge in [0.2, 0.25) is 0 Å². The Labute approximate surface area is 417 Å². The SMILES string of the molecule is CC(C)(C)c1ccc2c(c1)C1(c3cc(C(C)(C)C)ccc3-2)c2ccccc2-c2c(-c3ccc(N(c4ccc(-c5ccccc5)cc4)c4ccc(-c5cccc6c5oc5ccccc56)cc4)cc3)cccc21. The van der Waals surface area contributed by atoms with Crippen molar-refractivity contribution in [1.82, 2.24) is 0 Å². The summed E-state index contributed by atoms with van der Waals surface area (Å²) in [5.41, 5.74) is 25.1. The molecule has 0 aliphatic heterocycles. The van der Waals surface area contributed by atoms with Crippen LogP contribution in [0.5, 0.6) is 0 Å². The molecule has 10 aromatic carbocycles. The fourth-order valence-corrected chi connectivity index (χ4v) is 11.8. The molecule has 0 fully saturated rings. The number of rotatable bonds is 6. The molecule has 0 unspecified atom stereocenters. The van der Waals surface area contributed by atoms with E-state index in [0.29, 0.717) is 0 Å². The molecular formula is C69H55NO. The van der Waals surface area contributed by atoms with Crippen molar-refractivity contribution in [1.29, 1.82) is 0 Å². The molecule has 1 spiro atoms. The van der Waals surface area contributed by atoms with E-state index in [4.69, 9.17) is 4.42 Å². The third-order valence-electron chi connectivity index (χ3n) is 15.4. The first-order valence-corrected chi connectivity index (χ1v) is 25.1. The van der Waals surface area contributed by atoms with Gasteiger partial charge in [-0.25, -0.2) is 0 Å². The summed E-state index contributed by atoms with van der Waals surface area (Å²) in [7, 11) is 0. The molecule has 71 heavy (non-hydrogen) atoms. The van der Waals surface area contributed by atoms with E-state index in [2.05, 4.69) is 259 Å². The van der Waals surface area contributed by atoms with Gasteiger partial charge in [-0.2, -0.15) is 0 Å². The standard InChI is InChI=1S/C69H55NO/c1-67(2,3)48-32-40-55-56-41-33-49(68(4,5)6)43-63(56)69(62(55)42-48)60-23-12-10-19-59(60)65-53(20-15-24-61(65)69)46-28-36-51(37-29-46)70(50-34-26-45(27-35-50)44-16-8-7-9-17-44)52-38-30-47(31-39-52)54-21-14-22-58-57-18-11-13-25-64(57)71-66(54)58/h7-43H,1-6H3. The van der Waals surface area contributed by atoms with Gasteiger partial charge in [0.25, 0.3) is 0 Å². The molecule has 2 heteroatoms. The van der Waals surface area contributed by atoms with Gasteiger partial charge in [0, 0.05) is 33.4 Å². The monoisotopic (exact) mass is 913 g/mol. The first kappa shape index (κ1) is 42.9. The number of para-hydroxylation sites is 2. The third kappa shape index (κ3) is 6.69. The van der Waals surface area contributed by atoms with Crippen molar-refractivity contribution in [2.75, 3.05) is 4.90 Å². The molecule has 11 aromatic rings. The molecule has 2 aliphatic rings. The van der Waals surface area contributed by atoms with Gasteiger partial charge in [-0.15, -0.1) is 0 Å². The molecular weight excluding hydrogens is 859 g/mol. The van der Waals surface area contributed by atoms with Crippen LogP contribution in [0.2, 0.25) is 0 Å². The summed E-state index contributed by atoms with van der Waals surface area (Å²) in [6, 6.07) is 83.3. The summed E-state index contributed by atoms with van der Waals surface area (Å²) in [6.45, 7) is 14.0. The lowest BCUT2D eigenvalue weighted by Gasteiger charge is -2.33. The van der Waals surface area contributed by atoms with Crippen LogP contribution in [-0.4, -0.2) is 0 Å². The van der Waals surface area contributed by atoms with Gasteiger partial charge < -0.3 is 9.32 Å². The number of nitrogens with zero attached hydrogens (tertiary/aromatic N) is 1. The molecule has 0 saturated heterocycles. The smallest absolute Gasteiger partial charge is 0.143 e. The van der Waals surface area contributed by atoms with E-state index in [1.165, 1.54) is 77.9 Å². The van der Waals surface area contributed by atoms with E-state index in [1.807, 2.05) is 12.1 Å². The average Bonchev–Trinajstić information content (AvgIpc) is 4.03. The van der Waals surface area contributed by atoms with Crippen LogP contribution in [0.15, 0.2) is 229 Å². The highest BCUT2D eigenvalue weighted by Crippen LogP contribution is 2.64. The molecule has 0 bridgehead atoms. The topological polar surface area (TPSA) is 16.4 Å². The van der Waals surface area contributed by atoms with Crippen LogP contribution in [0, 0.1) is 0 Å². The molecule has 13 rings (SSSR count). The normalized spacial score (nSPS) is 13.3. The highest BCUT2D eigenvalue weighted by molar-refractivity contribution is 6.09. The van der Waals surface area contributed by atoms with Gasteiger partial charge in [0.05, 0.1) is 5.41 Å². The minimum atomic E-state index is -0.458. The lowest BCUT2D eigenvalue weighted by molar-refractivity contribution is 0.586. The second-order valence-electron chi connectivity index (χ2n) is 21.7. The summed E-state index contributed by atoms with van der Waals surface area (Å²) >= 11 is 0. The zero-order chi connectivity index (χ0) is 48.2. The molecule has 2 aliphatic carbocycles. The van der Waals surface area contributed by atoms with Crippen LogP contribution < -0.4 is 4.90 Å². The zero-order valence-electron chi connectivity index (χ0n) is 41.2. The van der Waals surface area contributed by atoms with Crippen molar-refractivity contribution in [3.8, 4) is 55.6 Å². The second-order valence-corrected chi connectivity index (χ2v) is 21.7. The molecule has 342 valence electrons. The summed E-state index contributed by atoms with van der Waals surface area (Å²) < 4.78 is 6.48. The minimum Gasteiger partial charge on any atom is -0.455 e. The predicted molar refractivity (Wildman–Crippen MR) is 298 cm³/mol. The molecule has 0 atom stereocenters. The van der Waals surface area contributed by atoms with Crippen molar-refractivity contribution in [3.63, 3.8) is 0 Å². The van der Waals surface area contributed by atoms with Gasteiger partial charge in [0.15, 0.2) is 0 Å². The summed E-state index contributed by atoms with van der Waals surface area (Å²) in [6.07, 6.45) is 0. The van der Waals surface area contributed by atoms with Crippen LogP contribution in [0.25, 0.3) is 77.6 Å². The van der Waals surface area contributed by atoms with Gasteiger partial charge in [-0.3, -0.25) is 0 Å². The highest BCUT2D eigenvalue weighted by Gasteiger charge is 2.52. The van der Waals surface area contributed by atoms with E-state index in [1.54, 1.807) is 0 Å². The highest BCUT2D eigenvalue weighted by atomic mass is 16.3. The van der Waals surface area contributed by atoms with Crippen molar-refractivity contribution >= 4 is 39.0 Å². The lowest BCUT2D eigenvalue weighted by Crippen LogP contribution is -2.27. The maximum absolute atomic E-state index is 6.48. The maximum atomic E-state index is 6.48. The van der Waals surface area contributed by atoms with Crippen LogP contribution >= 0.6 is 0 Å². The number of anilines is 3. The zero-order valence-corrected chi connectivity index (χ0v) is 41.2. The molecule has 0 N–H and O–H groups in total. The van der Waals surface area contributed by atoms with Gasteiger partial charge in [-0.05, 0) is 137 Å². The fourth-order valence-electron chi connectivity index (χ4n) is 11.8. The number of hydrogen-bond acceptors (Lipinski definition) is 2. The second kappa shape index (κ2) is 15.9. The first-order valence-electron chi connectivity index (χ1n) is 25.1. The number of fused-ring (bicyclic) bond motifs is 13. The van der Waals surface area contributed by atoms with Crippen LogP contribution in [0.4, 0.5) is 17.1 Å². The summed E-state index contributed by atoms with van der Waals surface area (Å²) in [5.74, 6) is 0. The van der Waals surface area contributed by atoms with E-state index < -0.39 is 5.41 Å². The Morgan fingerprint density at radius 1 is 0.338 bits per heavy atom. The van der Waals surface area contributed by atoms with Crippen molar-refractivity contribution in [3.05, 3.63) is 258 Å². The summed E-state index contributed by atoms with van der Waals surface area (Å²) in [4.78, 5) is 2.37. The van der Waals surface area contributed by atoms with Crippen molar-refractivity contribution < 1.29 is 4.42 Å². The first-order chi connectivity index (χ1) is 34.5.